The summed E-state index contributed by atoms with van der Waals surface area (Å²) < 4.78 is 0. The van der Waals surface area contributed by atoms with Gasteiger partial charge in [0.1, 0.15) is 0 Å². The molecule has 0 bridgehead atoms. The van der Waals surface area contributed by atoms with Crippen molar-refractivity contribution in [1.82, 2.24) is 5.32 Å². The molecular weight excluding hydrogens is 200 g/mol. The molecule has 3 N–H and O–H groups in total. The fraction of sp³-hybridized carbons (Fsp3) is 0.923. The Kier molecular flexibility index (Phi) is 5.26. The van der Waals surface area contributed by atoms with Crippen LogP contribution in [0.2, 0.25) is 0 Å². The molecule has 1 rings (SSSR count). The van der Waals surface area contributed by atoms with Crippen LogP contribution in [0.25, 0.3) is 0 Å². The summed E-state index contributed by atoms with van der Waals surface area (Å²) in [6.07, 6.45) is 8.15. The molecule has 1 aliphatic carbocycles. The number of rotatable bonds is 5. The lowest BCUT2D eigenvalue weighted by Crippen LogP contribution is -2.45. The molecule has 1 saturated carbocycles. The second-order valence-corrected chi connectivity index (χ2v) is 5.48. The van der Waals surface area contributed by atoms with Crippen LogP contribution in [0.5, 0.6) is 0 Å². The van der Waals surface area contributed by atoms with E-state index >= 15 is 0 Å². The van der Waals surface area contributed by atoms with Crippen molar-refractivity contribution in [3.05, 3.63) is 0 Å². The lowest BCUT2D eigenvalue weighted by molar-refractivity contribution is -0.123. The van der Waals surface area contributed by atoms with Crippen LogP contribution >= 0.6 is 0 Å². The van der Waals surface area contributed by atoms with Gasteiger partial charge in [0.2, 0.25) is 5.91 Å². The first-order chi connectivity index (χ1) is 7.57. The smallest absolute Gasteiger partial charge is 0.236 e. The average molecular weight is 226 g/mol. The van der Waals surface area contributed by atoms with E-state index < -0.39 is 0 Å². The molecule has 0 heterocycles. The lowest BCUT2D eigenvalue weighted by Gasteiger charge is -2.34. The van der Waals surface area contributed by atoms with Crippen LogP contribution in [0, 0.1) is 5.41 Å². The van der Waals surface area contributed by atoms with Crippen molar-refractivity contribution >= 4 is 5.91 Å². The highest BCUT2D eigenvalue weighted by Crippen LogP contribution is 2.34. The minimum Gasteiger partial charge on any atom is -0.354 e. The molecule has 0 spiro atoms. The molecule has 0 aromatic heterocycles. The number of nitrogens with one attached hydrogen (secondary N) is 1. The zero-order valence-corrected chi connectivity index (χ0v) is 10.7. The molecule has 1 amide bonds. The Morgan fingerprint density at radius 3 is 2.56 bits per heavy atom. The molecule has 16 heavy (non-hydrogen) atoms. The van der Waals surface area contributed by atoms with Gasteiger partial charge in [-0.25, -0.2) is 0 Å². The van der Waals surface area contributed by atoms with Crippen molar-refractivity contribution in [3.8, 4) is 0 Å². The van der Waals surface area contributed by atoms with Crippen LogP contribution in [-0.4, -0.2) is 18.5 Å². The largest absolute Gasteiger partial charge is 0.354 e. The van der Waals surface area contributed by atoms with E-state index in [0.29, 0.717) is 5.41 Å². The molecule has 3 heteroatoms. The molecular formula is C13H26N2O. The summed E-state index contributed by atoms with van der Waals surface area (Å²) in [4.78, 5) is 11.7. The number of hydrogen-bond acceptors (Lipinski definition) is 2. The number of carbonyl (C=O) groups is 1. The topological polar surface area (TPSA) is 55.1 Å². The molecule has 0 aromatic rings. The van der Waals surface area contributed by atoms with Crippen LogP contribution in [0.4, 0.5) is 0 Å². The fourth-order valence-corrected chi connectivity index (χ4v) is 2.46. The van der Waals surface area contributed by atoms with Gasteiger partial charge in [-0.05, 0) is 24.7 Å². The third-order valence-electron chi connectivity index (χ3n) is 3.69. The normalized spacial score (nSPS) is 21.4. The van der Waals surface area contributed by atoms with Crippen molar-refractivity contribution in [2.75, 3.05) is 6.54 Å². The highest BCUT2D eigenvalue weighted by atomic mass is 16.2. The lowest BCUT2D eigenvalue weighted by atomic mass is 9.76. The Hall–Kier alpha value is -0.570. The van der Waals surface area contributed by atoms with Crippen LogP contribution < -0.4 is 11.1 Å². The standard InChI is InChI=1S/C13H26N2O/c1-3-7-11(14)12(16)15-10-13(2)8-5-4-6-9-13/h11H,3-10,14H2,1-2H3,(H,15,16). The summed E-state index contributed by atoms with van der Waals surface area (Å²) in [7, 11) is 0. The van der Waals surface area contributed by atoms with Gasteiger partial charge in [0.15, 0.2) is 0 Å². The van der Waals surface area contributed by atoms with Gasteiger partial charge in [-0.15, -0.1) is 0 Å². The molecule has 0 aromatic carbocycles. The zero-order chi connectivity index (χ0) is 12.0. The molecule has 1 atom stereocenters. The van der Waals surface area contributed by atoms with E-state index in [4.69, 9.17) is 5.73 Å². The summed E-state index contributed by atoms with van der Waals surface area (Å²) in [5, 5.41) is 3.01. The number of hydrogen-bond donors (Lipinski definition) is 2. The second-order valence-electron chi connectivity index (χ2n) is 5.48. The van der Waals surface area contributed by atoms with Crippen molar-refractivity contribution in [3.63, 3.8) is 0 Å². The highest BCUT2D eigenvalue weighted by Gasteiger charge is 2.27. The number of amides is 1. The second kappa shape index (κ2) is 6.24. The van der Waals surface area contributed by atoms with Gasteiger partial charge in [0, 0.05) is 6.54 Å². The molecule has 1 unspecified atom stereocenters. The van der Waals surface area contributed by atoms with Crippen LogP contribution in [0.15, 0.2) is 0 Å². The molecule has 1 fully saturated rings. The third-order valence-corrected chi connectivity index (χ3v) is 3.69. The maximum absolute atomic E-state index is 11.7. The summed E-state index contributed by atoms with van der Waals surface area (Å²) in [5.41, 5.74) is 6.08. The Labute approximate surface area is 99.2 Å². The van der Waals surface area contributed by atoms with Gasteiger partial charge < -0.3 is 11.1 Å². The molecule has 94 valence electrons. The predicted octanol–water partition coefficient (Wildman–Crippen LogP) is 2.20. The Morgan fingerprint density at radius 1 is 1.38 bits per heavy atom. The molecule has 0 aliphatic heterocycles. The van der Waals surface area contributed by atoms with Crippen LogP contribution in [0.3, 0.4) is 0 Å². The van der Waals surface area contributed by atoms with E-state index in [2.05, 4.69) is 19.2 Å². The first-order valence-electron chi connectivity index (χ1n) is 6.61. The summed E-state index contributed by atoms with van der Waals surface area (Å²) in [6, 6.07) is -0.322. The van der Waals surface area contributed by atoms with Gasteiger partial charge >= 0.3 is 0 Å². The van der Waals surface area contributed by atoms with E-state index in [9.17, 15) is 4.79 Å². The summed E-state index contributed by atoms with van der Waals surface area (Å²) >= 11 is 0. The van der Waals surface area contributed by atoms with E-state index in [1.54, 1.807) is 0 Å². The SMILES string of the molecule is CCCC(N)C(=O)NCC1(C)CCCCC1. The zero-order valence-electron chi connectivity index (χ0n) is 10.7. The quantitative estimate of drug-likeness (QED) is 0.755. The third kappa shape index (κ3) is 4.12. The predicted molar refractivity (Wildman–Crippen MR) is 67.1 cm³/mol. The van der Waals surface area contributed by atoms with Gasteiger partial charge in [-0.1, -0.05) is 39.5 Å². The van der Waals surface area contributed by atoms with Crippen LogP contribution in [0.1, 0.15) is 58.8 Å². The fourth-order valence-electron chi connectivity index (χ4n) is 2.46. The average Bonchev–Trinajstić information content (AvgIpc) is 2.27. The van der Waals surface area contributed by atoms with Gasteiger partial charge in [0.05, 0.1) is 6.04 Å². The summed E-state index contributed by atoms with van der Waals surface area (Å²) in [6.45, 7) is 5.12. The van der Waals surface area contributed by atoms with Gasteiger partial charge in [-0.3, -0.25) is 4.79 Å². The first kappa shape index (κ1) is 13.5. The van der Waals surface area contributed by atoms with Crippen LogP contribution in [-0.2, 0) is 4.79 Å². The number of nitrogens with two attached hydrogens (primary N) is 1. The van der Waals surface area contributed by atoms with E-state index in [0.717, 1.165) is 19.4 Å². The Morgan fingerprint density at radius 2 is 2.00 bits per heavy atom. The first-order valence-corrected chi connectivity index (χ1v) is 6.61. The molecule has 0 radical (unpaired) electrons. The number of carbonyl (C=O) groups excluding carboxylic acids is 1. The molecule has 1 aliphatic rings. The van der Waals surface area contributed by atoms with Gasteiger partial charge in [0.25, 0.3) is 0 Å². The molecule has 0 saturated heterocycles. The van der Waals surface area contributed by atoms with Gasteiger partial charge in [-0.2, -0.15) is 0 Å². The Balaban J connectivity index is 2.29. The monoisotopic (exact) mass is 226 g/mol. The van der Waals surface area contributed by atoms with E-state index in [1.807, 2.05) is 0 Å². The van der Waals surface area contributed by atoms with E-state index in [-0.39, 0.29) is 11.9 Å². The van der Waals surface area contributed by atoms with Crippen molar-refractivity contribution in [2.45, 2.75) is 64.8 Å². The Bertz CT molecular complexity index is 222. The van der Waals surface area contributed by atoms with E-state index in [1.165, 1.54) is 32.1 Å². The minimum absolute atomic E-state index is 0.0219. The van der Waals surface area contributed by atoms with Crippen molar-refractivity contribution < 1.29 is 4.79 Å². The maximum atomic E-state index is 11.7. The summed E-state index contributed by atoms with van der Waals surface area (Å²) in [5.74, 6) is 0.0219. The minimum atomic E-state index is -0.322. The molecule has 3 nitrogen and oxygen atoms in total. The highest BCUT2D eigenvalue weighted by molar-refractivity contribution is 5.81. The van der Waals surface area contributed by atoms with Crippen molar-refractivity contribution in [2.24, 2.45) is 11.1 Å². The van der Waals surface area contributed by atoms with Crippen molar-refractivity contribution in [1.29, 1.82) is 0 Å². The maximum Gasteiger partial charge on any atom is 0.236 e.